The second kappa shape index (κ2) is 3.66. The lowest BCUT2D eigenvalue weighted by molar-refractivity contribution is 0.146. The van der Waals surface area contributed by atoms with Gasteiger partial charge in [0.25, 0.3) is 6.43 Å². The van der Waals surface area contributed by atoms with E-state index in [-0.39, 0.29) is 15.9 Å². The maximum absolute atomic E-state index is 12.3. The SMILES string of the molecule is N#Cc1c(Br)cc(N)nc1C(F)F. The summed E-state index contributed by atoms with van der Waals surface area (Å²) in [5.74, 6) is -0.0406. The maximum Gasteiger partial charge on any atom is 0.281 e. The first kappa shape index (κ1) is 9.86. The molecule has 0 saturated carbocycles. The van der Waals surface area contributed by atoms with Gasteiger partial charge in [-0.1, -0.05) is 0 Å². The van der Waals surface area contributed by atoms with Gasteiger partial charge in [-0.15, -0.1) is 0 Å². The van der Waals surface area contributed by atoms with E-state index in [1.165, 1.54) is 6.07 Å². The fourth-order valence-electron chi connectivity index (χ4n) is 0.820. The van der Waals surface area contributed by atoms with E-state index in [0.29, 0.717) is 0 Å². The molecule has 2 N–H and O–H groups in total. The van der Waals surface area contributed by atoms with Gasteiger partial charge in [-0.2, -0.15) is 5.26 Å². The van der Waals surface area contributed by atoms with Gasteiger partial charge >= 0.3 is 0 Å². The van der Waals surface area contributed by atoms with Crippen LogP contribution in [0.4, 0.5) is 14.6 Å². The standard InChI is InChI=1S/C7H4BrF2N3/c8-4-1-5(12)13-6(7(9)10)3(4)2-11/h1,7H,(H2,12,13). The summed E-state index contributed by atoms with van der Waals surface area (Å²) in [4.78, 5) is 3.38. The molecule has 0 aromatic carbocycles. The van der Waals surface area contributed by atoms with E-state index in [2.05, 4.69) is 20.9 Å². The Kier molecular flexibility index (Phi) is 2.78. The summed E-state index contributed by atoms with van der Waals surface area (Å²) in [5, 5.41) is 8.54. The zero-order valence-corrected chi connectivity index (χ0v) is 7.85. The van der Waals surface area contributed by atoms with Gasteiger partial charge in [0.1, 0.15) is 17.6 Å². The molecule has 0 aliphatic carbocycles. The number of alkyl halides is 2. The van der Waals surface area contributed by atoms with E-state index in [0.717, 1.165) is 0 Å². The third-order valence-corrected chi connectivity index (χ3v) is 1.96. The van der Waals surface area contributed by atoms with Crippen molar-refractivity contribution in [3.05, 3.63) is 21.8 Å². The molecule has 0 radical (unpaired) electrons. The highest BCUT2D eigenvalue weighted by Crippen LogP contribution is 2.27. The van der Waals surface area contributed by atoms with Crippen molar-refractivity contribution in [3.8, 4) is 6.07 Å². The average molecular weight is 248 g/mol. The number of halogens is 3. The molecule has 0 spiro atoms. The molecule has 6 heteroatoms. The summed E-state index contributed by atoms with van der Waals surface area (Å²) < 4.78 is 24.8. The van der Waals surface area contributed by atoms with Crippen LogP contribution in [0.2, 0.25) is 0 Å². The van der Waals surface area contributed by atoms with Gasteiger partial charge in [-0.3, -0.25) is 0 Å². The number of nitrogen functional groups attached to an aromatic ring is 1. The van der Waals surface area contributed by atoms with Crippen molar-refractivity contribution in [2.24, 2.45) is 0 Å². The van der Waals surface area contributed by atoms with Gasteiger partial charge in [-0.25, -0.2) is 13.8 Å². The molecule has 0 aliphatic heterocycles. The van der Waals surface area contributed by atoms with Crippen molar-refractivity contribution in [2.75, 3.05) is 5.73 Å². The second-order valence-corrected chi connectivity index (χ2v) is 3.06. The van der Waals surface area contributed by atoms with Crippen LogP contribution in [0.5, 0.6) is 0 Å². The number of nitriles is 1. The third-order valence-electron chi connectivity index (χ3n) is 1.34. The number of hydrogen-bond acceptors (Lipinski definition) is 3. The third kappa shape index (κ3) is 1.92. The number of pyridine rings is 1. The van der Waals surface area contributed by atoms with E-state index in [9.17, 15) is 8.78 Å². The zero-order valence-electron chi connectivity index (χ0n) is 6.26. The Morgan fingerprint density at radius 2 is 2.23 bits per heavy atom. The normalized spacial score (nSPS) is 10.1. The second-order valence-electron chi connectivity index (χ2n) is 2.20. The smallest absolute Gasteiger partial charge is 0.281 e. The lowest BCUT2D eigenvalue weighted by Gasteiger charge is -2.04. The van der Waals surface area contributed by atoms with Crippen LogP contribution in [0.25, 0.3) is 0 Å². The van der Waals surface area contributed by atoms with Crippen molar-refractivity contribution < 1.29 is 8.78 Å². The van der Waals surface area contributed by atoms with Crippen molar-refractivity contribution in [1.82, 2.24) is 4.98 Å². The van der Waals surface area contributed by atoms with Crippen LogP contribution in [0, 0.1) is 11.3 Å². The molecule has 0 bridgehead atoms. The number of rotatable bonds is 1. The molecular weight excluding hydrogens is 244 g/mol. The maximum atomic E-state index is 12.3. The molecule has 68 valence electrons. The molecule has 1 aromatic rings. The monoisotopic (exact) mass is 247 g/mol. The molecule has 13 heavy (non-hydrogen) atoms. The van der Waals surface area contributed by atoms with Crippen molar-refractivity contribution in [3.63, 3.8) is 0 Å². The zero-order chi connectivity index (χ0) is 10.0. The van der Waals surface area contributed by atoms with Crippen molar-refractivity contribution >= 4 is 21.7 Å². The Hall–Kier alpha value is -1.22. The van der Waals surface area contributed by atoms with Gasteiger partial charge in [0.05, 0.1) is 5.56 Å². The van der Waals surface area contributed by atoms with Gasteiger partial charge < -0.3 is 5.73 Å². The van der Waals surface area contributed by atoms with Gasteiger partial charge in [0, 0.05) is 4.47 Å². The molecule has 3 nitrogen and oxygen atoms in total. The van der Waals surface area contributed by atoms with Gasteiger partial charge in [0.15, 0.2) is 0 Å². The van der Waals surface area contributed by atoms with E-state index in [4.69, 9.17) is 11.0 Å². The van der Waals surface area contributed by atoms with Crippen molar-refractivity contribution in [2.45, 2.75) is 6.43 Å². The quantitative estimate of drug-likeness (QED) is 0.828. The molecule has 1 heterocycles. The highest BCUT2D eigenvalue weighted by atomic mass is 79.9. The first-order valence-electron chi connectivity index (χ1n) is 3.20. The molecular formula is C7H4BrF2N3. The largest absolute Gasteiger partial charge is 0.384 e. The summed E-state index contributed by atoms with van der Waals surface area (Å²) in [7, 11) is 0. The lowest BCUT2D eigenvalue weighted by atomic mass is 10.2. The van der Waals surface area contributed by atoms with Gasteiger partial charge in [0.2, 0.25) is 0 Å². The molecule has 0 unspecified atom stereocenters. The van der Waals surface area contributed by atoms with E-state index in [1.807, 2.05) is 0 Å². The summed E-state index contributed by atoms with van der Waals surface area (Å²) >= 11 is 2.95. The molecule has 1 rings (SSSR count). The molecule has 0 aliphatic rings. The van der Waals surface area contributed by atoms with Crippen molar-refractivity contribution in [1.29, 1.82) is 5.26 Å². The average Bonchev–Trinajstić information content (AvgIpc) is 2.02. The van der Waals surface area contributed by atoms with E-state index >= 15 is 0 Å². The Bertz CT molecular complexity index is 373. The summed E-state index contributed by atoms with van der Waals surface area (Å²) in [6, 6.07) is 2.94. The Morgan fingerprint density at radius 3 is 2.69 bits per heavy atom. The first-order chi connectivity index (χ1) is 6.06. The Labute approximate surface area is 81.3 Å². The van der Waals surface area contributed by atoms with Crippen LogP contribution in [-0.4, -0.2) is 4.98 Å². The predicted octanol–water partition coefficient (Wildman–Crippen LogP) is 2.24. The number of hydrogen-bond donors (Lipinski definition) is 1. The highest BCUT2D eigenvalue weighted by Gasteiger charge is 2.18. The van der Waals surface area contributed by atoms with E-state index in [1.54, 1.807) is 6.07 Å². The summed E-state index contributed by atoms with van der Waals surface area (Å²) in [5.41, 5.74) is 4.47. The minimum absolute atomic E-state index is 0.0406. The number of nitrogens with zero attached hydrogens (tertiary/aromatic N) is 2. The van der Waals surface area contributed by atoms with Crippen LogP contribution in [-0.2, 0) is 0 Å². The highest BCUT2D eigenvalue weighted by molar-refractivity contribution is 9.10. The number of aromatic nitrogens is 1. The molecule has 0 amide bonds. The number of anilines is 1. The minimum Gasteiger partial charge on any atom is -0.384 e. The van der Waals surface area contributed by atoms with Crippen LogP contribution < -0.4 is 5.73 Å². The van der Waals surface area contributed by atoms with Gasteiger partial charge in [-0.05, 0) is 22.0 Å². The minimum atomic E-state index is -2.80. The molecule has 0 atom stereocenters. The Morgan fingerprint density at radius 1 is 1.62 bits per heavy atom. The molecule has 0 fully saturated rings. The fraction of sp³-hybridized carbons (Fsp3) is 0.143. The fourth-order valence-corrected chi connectivity index (χ4v) is 1.35. The summed E-state index contributed by atoms with van der Waals surface area (Å²) in [6.45, 7) is 0. The lowest BCUT2D eigenvalue weighted by Crippen LogP contribution is -2.00. The van der Waals surface area contributed by atoms with Crippen LogP contribution in [0.1, 0.15) is 17.7 Å². The first-order valence-corrected chi connectivity index (χ1v) is 3.99. The van der Waals surface area contributed by atoms with Crippen LogP contribution >= 0.6 is 15.9 Å². The molecule has 0 saturated heterocycles. The Balaban J connectivity index is 3.41. The summed E-state index contributed by atoms with van der Waals surface area (Å²) in [6.07, 6.45) is -2.80. The van der Waals surface area contributed by atoms with Crippen LogP contribution in [0.15, 0.2) is 10.5 Å². The number of nitrogens with two attached hydrogens (primary N) is 1. The van der Waals surface area contributed by atoms with E-state index < -0.39 is 12.1 Å². The predicted molar refractivity (Wildman–Crippen MR) is 46.0 cm³/mol. The van der Waals surface area contributed by atoms with Crippen LogP contribution in [0.3, 0.4) is 0 Å². The topological polar surface area (TPSA) is 62.7 Å². The molecule has 1 aromatic heterocycles.